The molecule has 0 saturated carbocycles. The molecule has 1 aliphatic heterocycles. The molecule has 1 fully saturated rings. The highest BCUT2D eigenvalue weighted by atomic mass is 16.5. The highest BCUT2D eigenvalue weighted by Crippen LogP contribution is 2.22. The molecule has 0 radical (unpaired) electrons. The Morgan fingerprint density at radius 1 is 1.30 bits per heavy atom. The van der Waals surface area contributed by atoms with E-state index in [2.05, 4.69) is 27.2 Å². The fourth-order valence-electron chi connectivity index (χ4n) is 2.78. The summed E-state index contributed by atoms with van der Waals surface area (Å²) in [5.74, 6) is 1.54. The van der Waals surface area contributed by atoms with Crippen LogP contribution in [-0.4, -0.2) is 39.3 Å². The first-order chi connectivity index (χ1) is 9.70. The maximum Gasteiger partial charge on any atom is 0.240 e. The summed E-state index contributed by atoms with van der Waals surface area (Å²) in [5.41, 5.74) is 1.27. The van der Waals surface area contributed by atoms with Gasteiger partial charge >= 0.3 is 0 Å². The number of rotatable bonds is 4. The largest absolute Gasteiger partial charge is 0.391 e. The maximum absolute atomic E-state index is 10.2. The third-order valence-corrected chi connectivity index (χ3v) is 3.75. The predicted molar refractivity (Wildman–Crippen MR) is 74.0 cm³/mol. The molecule has 2 aromatic rings. The van der Waals surface area contributed by atoms with Crippen LogP contribution >= 0.6 is 0 Å². The minimum Gasteiger partial charge on any atom is -0.391 e. The van der Waals surface area contributed by atoms with Crippen LogP contribution in [0.5, 0.6) is 0 Å². The lowest BCUT2D eigenvalue weighted by Gasteiger charge is -2.13. The topological polar surface area (TPSA) is 62.4 Å². The maximum atomic E-state index is 10.2. The second kappa shape index (κ2) is 5.73. The van der Waals surface area contributed by atoms with Crippen LogP contribution in [0.15, 0.2) is 34.9 Å². The Kier molecular flexibility index (Phi) is 3.80. The molecule has 0 amide bonds. The number of aromatic nitrogens is 2. The average Bonchev–Trinajstić information content (AvgIpc) is 2.98. The normalized spacial score (nSPS) is 23.3. The number of aryl methyl sites for hydroxylation is 1. The van der Waals surface area contributed by atoms with Gasteiger partial charge in [-0.15, -0.1) is 0 Å². The number of aliphatic hydroxyl groups excluding tert-OH is 1. The molecule has 0 aliphatic carbocycles. The van der Waals surface area contributed by atoms with Crippen molar-refractivity contribution in [1.29, 1.82) is 0 Å². The zero-order valence-electron chi connectivity index (χ0n) is 11.6. The average molecular weight is 273 g/mol. The van der Waals surface area contributed by atoms with Crippen molar-refractivity contribution in [3.8, 4) is 0 Å². The lowest BCUT2D eigenvalue weighted by atomic mass is 9.97. The minimum absolute atomic E-state index is 0.265. The molecule has 0 bridgehead atoms. The van der Waals surface area contributed by atoms with Gasteiger partial charge in [-0.05, 0) is 18.9 Å². The number of benzene rings is 1. The van der Waals surface area contributed by atoms with Crippen molar-refractivity contribution in [3.63, 3.8) is 0 Å². The van der Waals surface area contributed by atoms with Gasteiger partial charge in [-0.1, -0.05) is 35.5 Å². The van der Waals surface area contributed by atoms with E-state index in [1.807, 2.05) is 25.1 Å². The number of nitrogens with zero attached hydrogens (tertiary/aromatic N) is 3. The van der Waals surface area contributed by atoms with Gasteiger partial charge in [0.05, 0.1) is 12.6 Å². The molecular weight excluding hydrogens is 254 g/mol. The first-order valence-corrected chi connectivity index (χ1v) is 6.94. The van der Waals surface area contributed by atoms with Gasteiger partial charge in [-0.3, -0.25) is 4.90 Å². The Morgan fingerprint density at radius 2 is 2.10 bits per heavy atom. The van der Waals surface area contributed by atoms with Crippen molar-refractivity contribution in [3.05, 3.63) is 47.6 Å². The van der Waals surface area contributed by atoms with Crippen molar-refractivity contribution < 1.29 is 9.63 Å². The van der Waals surface area contributed by atoms with Gasteiger partial charge in [0.1, 0.15) is 0 Å². The summed E-state index contributed by atoms with van der Waals surface area (Å²) in [6, 6.07) is 10.3. The summed E-state index contributed by atoms with van der Waals surface area (Å²) in [4.78, 5) is 6.38. The Balaban J connectivity index is 1.59. The fraction of sp³-hybridized carbons (Fsp3) is 0.467. The quantitative estimate of drug-likeness (QED) is 0.912. The summed E-state index contributed by atoms with van der Waals surface area (Å²) in [6.07, 6.45) is 0.612. The van der Waals surface area contributed by atoms with E-state index in [-0.39, 0.29) is 12.0 Å². The van der Waals surface area contributed by atoms with Gasteiger partial charge in [0.2, 0.25) is 5.89 Å². The zero-order chi connectivity index (χ0) is 13.9. The van der Waals surface area contributed by atoms with Gasteiger partial charge < -0.3 is 9.63 Å². The second-order valence-electron chi connectivity index (χ2n) is 5.45. The third-order valence-electron chi connectivity index (χ3n) is 3.75. The van der Waals surface area contributed by atoms with E-state index in [0.717, 1.165) is 13.0 Å². The molecule has 1 aromatic carbocycles. The third kappa shape index (κ3) is 3.05. The van der Waals surface area contributed by atoms with Gasteiger partial charge in [0, 0.05) is 19.0 Å². The minimum atomic E-state index is -0.292. The van der Waals surface area contributed by atoms with Crippen LogP contribution in [-0.2, 0) is 13.0 Å². The highest BCUT2D eigenvalue weighted by Gasteiger charge is 2.31. The molecule has 0 unspecified atom stereocenters. The van der Waals surface area contributed by atoms with Crippen LogP contribution in [0, 0.1) is 12.8 Å². The summed E-state index contributed by atoms with van der Waals surface area (Å²) in [7, 11) is 0. The lowest BCUT2D eigenvalue weighted by molar-refractivity contribution is 0.139. The van der Waals surface area contributed by atoms with E-state index < -0.39 is 0 Å². The van der Waals surface area contributed by atoms with E-state index >= 15 is 0 Å². The monoisotopic (exact) mass is 273 g/mol. The number of hydrogen-bond donors (Lipinski definition) is 1. The zero-order valence-corrected chi connectivity index (χ0v) is 11.6. The van der Waals surface area contributed by atoms with Crippen molar-refractivity contribution in [2.75, 3.05) is 13.1 Å². The Bertz CT molecular complexity index is 555. The predicted octanol–water partition coefficient (Wildman–Crippen LogP) is 1.41. The standard InChI is InChI=1S/C15H19N3O2/c1-11-16-15(20-17-11)10-18-8-13(14(19)9-18)7-12-5-3-2-4-6-12/h2-6,13-14,19H,7-10H2,1H3/t13-,14-/m1/s1. The molecule has 5 heteroatoms. The van der Waals surface area contributed by atoms with Gasteiger partial charge in [-0.25, -0.2) is 0 Å². The van der Waals surface area contributed by atoms with Crippen LogP contribution in [0.1, 0.15) is 17.3 Å². The lowest BCUT2D eigenvalue weighted by Crippen LogP contribution is -2.21. The number of likely N-dealkylation sites (tertiary alicyclic amines) is 1. The molecule has 0 spiro atoms. The van der Waals surface area contributed by atoms with E-state index in [1.165, 1.54) is 5.56 Å². The van der Waals surface area contributed by atoms with Crippen LogP contribution in [0.4, 0.5) is 0 Å². The van der Waals surface area contributed by atoms with Crippen LogP contribution < -0.4 is 0 Å². The SMILES string of the molecule is Cc1noc(CN2C[C@@H](Cc3ccccc3)[C@H](O)C2)n1. The van der Waals surface area contributed by atoms with E-state index in [4.69, 9.17) is 4.52 Å². The smallest absolute Gasteiger partial charge is 0.240 e. The van der Waals surface area contributed by atoms with Gasteiger partial charge in [-0.2, -0.15) is 4.98 Å². The summed E-state index contributed by atoms with van der Waals surface area (Å²) < 4.78 is 5.13. The van der Waals surface area contributed by atoms with Crippen LogP contribution in [0.2, 0.25) is 0 Å². The molecule has 2 heterocycles. The van der Waals surface area contributed by atoms with Crippen molar-refractivity contribution >= 4 is 0 Å². The van der Waals surface area contributed by atoms with Gasteiger partial charge in [0.25, 0.3) is 0 Å². The molecule has 5 nitrogen and oxygen atoms in total. The van der Waals surface area contributed by atoms with Crippen molar-refractivity contribution in [2.45, 2.75) is 26.0 Å². The number of hydrogen-bond acceptors (Lipinski definition) is 5. The Morgan fingerprint density at radius 3 is 2.80 bits per heavy atom. The molecule has 1 aliphatic rings. The molecule has 1 N–H and O–H groups in total. The number of aliphatic hydroxyl groups is 1. The molecule has 1 aromatic heterocycles. The molecule has 1 saturated heterocycles. The molecular formula is C15H19N3O2. The Hall–Kier alpha value is -1.72. The highest BCUT2D eigenvalue weighted by molar-refractivity contribution is 5.16. The first kappa shape index (κ1) is 13.3. The van der Waals surface area contributed by atoms with E-state index in [9.17, 15) is 5.11 Å². The van der Waals surface area contributed by atoms with Crippen molar-refractivity contribution in [2.24, 2.45) is 5.92 Å². The summed E-state index contributed by atoms with van der Waals surface area (Å²) in [5, 5.41) is 14.0. The molecule has 2 atom stereocenters. The van der Waals surface area contributed by atoms with Crippen LogP contribution in [0.25, 0.3) is 0 Å². The molecule has 106 valence electrons. The van der Waals surface area contributed by atoms with Crippen LogP contribution in [0.3, 0.4) is 0 Å². The van der Waals surface area contributed by atoms with Crippen molar-refractivity contribution in [1.82, 2.24) is 15.0 Å². The number of β-amino-alcohol motifs (C(OH)–C–C–N with tert-alkyl or cyclic N) is 1. The fourth-order valence-corrected chi connectivity index (χ4v) is 2.78. The molecule has 20 heavy (non-hydrogen) atoms. The van der Waals surface area contributed by atoms with E-state index in [1.54, 1.807) is 0 Å². The van der Waals surface area contributed by atoms with Gasteiger partial charge in [0.15, 0.2) is 5.82 Å². The summed E-state index contributed by atoms with van der Waals surface area (Å²) in [6.45, 7) is 3.95. The first-order valence-electron chi connectivity index (χ1n) is 6.94. The Labute approximate surface area is 118 Å². The summed E-state index contributed by atoms with van der Waals surface area (Å²) >= 11 is 0. The van der Waals surface area contributed by atoms with E-state index in [0.29, 0.717) is 24.8 Å². The second-order valence-corrected chi connectivity index (χ2v) is 5.45. The molecule has 3 rings (SSSR count).